The summed E-state index contributed by atoms with van der Waals surface area (Å²) >= 11 is 0. The van der Waals surface area contributed by atoms with Gasteiger partial charge >= 0.3 is 0 Å². The highest BCUT2D eigenvalue weighted by Gasteiger charge is 2.14. The lowest BCUT2D eigenvalue weighted by Gasteiger charge is -2.26. The summed E-state index contributed by atoms with van der Waals surface area (Å²) in [4.78, 5) is 15.0. The topological polar surface area (TPSA) is 59.0 Å². The second kappa shape index (κ2) is 14.0. The molecule has 0 aliphatic rings. The maximum Gasteiger partial charge on any atom is 0.193 e. The van der Waals surface area contributed by atoms with Gasteiger partial charge in [0.15, 0.2) is 5.78 Å². The number of phenols is 1. The number of hydrogen-bond acceptors (Lipinski definition) is 5. The SMILES string of the molecule is COc1ccc(N(c2ccc(-c3ccccc3)cc2)c2ccc(-c3ccc(Oc4ccc(C(=O)c5ccc(O)cc5)cc4)cc3)cc2)cc1. The molecule has 0 aliphatic heterocycles. The van der Waals surface area contributed by atoms with Crippen molar-refractivity contribution in [1.82, 2.24) is 0 Å². The Balaban J connectivity index is 1.07. The minimum atomic E-state index is -0.116. The van der Waals surface area contributed by atoms with E-state index in [0.717, 1.165) is 33.9 Å². The van der Waals surface area contributed by atoms with Gasteiger partial charge in [-0.1, -0.05) is 66.7 Å². The predicted octanol–water partition coefficient (Wildman–Crippen LogP) is 11.2. The van der Waals surface area contributed by atoms with Crippen LogP contribution in [0.25, 0.3) is 22.3 Å². The molecule has 0 saturated heterocycles. The van der Waals surface area contributed by atoms with Crippen LogP contribution in [-0.4, -0.2) is 18.0 Å². The quantitative estimate of drug-likeness (QED) is 0.151. The Morgan fingerprint density at radius 1 is 0.449 bits per heavy atom. The molecule has 5 heteroatoms. The normalized spacial score (nSPS) is 10.7. The van der Waals surface area contributed by atoms with Crippen molar-refractivity contribution >= 4 is 22.8 Å². The van der Waals surface area contributed by atoms with Crippen molar-refractivity contribution in [1.29, 1.82) is 0 Å². The Bertz CT molecular complexity index is 2140. The first kappa shape index (κ1) is 31.0. The van der Waals surface area contributed by atoms with Crippen molar-refractivity contribution < 1.29 is 19.4 Å². The van der Waals surface area contributed by atoms with Gasteiger partial charge in [0.1, 0.15) is 23.0 Å². The fourth-order valence-electron chi connectivity index (χ4n) is 5.72. The fraction of sp³-hybridized carbons (Fsp3) is 0.0227. The third-order valence-electron chi connectivity index (χ3n) is 8.36. The first-order valence-corrected chi connectivity index (χ1v) is 16.0. The van der Waals surface area contributed by atoms with Gasteiger partial charge in [-0.2, -0.15) is 0 Å². The summed E-state index contributed by atoms with van der Waals surface area (Å²) in [6, 6.07) is 56.9. The van der Waals surface area contributed by atoms with E-state index in [1.54, 1.807) is 43.5 Å². The molecule has 0 amide bonds. The van der Waals surface area contributed by atoms with Crippen molar-refractivity contribution in [3.05, 3.63) is 187 Å². The number of anilines is 3. The number of phenolic OH excluding ortho intramolecular Hbond substituents is 1. The van der Waals surface area contributed by atoms with Crippen LogP contribution in [0.4, 0.5) is 17.1 Å². The summed E-state index contributed by atoms with van der Waals surface area (Å²) in [5.74, 6) is 2.15. The highest BCUT2D eigenvalue weighted by Crippen LogP contribution is 2.37. The molecule has 1 N–H and O–H groups in total. The van der Waals surface area contributed by atoms with Crippen molar-refractivity contribution in [2.45, 2.75) is 0 Å². The third-order valence-corrected chi connectivity index (χ3v) is 8.36. The van der Waals surface area contributed by atoms with Gasteiger partial charge in [-0.3, -0.25) is 4.79 Å². The van der Waals surface area contributed by atoms with E-state index in [-0.39, 0.29) is 11.5 Å². The van der Waals surface area contributed by atoms with E-state index < -0.39 is 0 Å². The van der Waals surface area contributed by atoms with Crippen LogP contribution in [0.1, 0.15) is 15.9 Å². The summed E-state index contributed by atoms with van der Waals surface area (Å²) in [5, 5.41) is 9.49. The minimum Gasteiger partial charge on any atom is -0.508 e. The highest BCUT2D eigenvalue weighted by atomic mass is 16.5. The molecular weight excluding hydrogens is 606 g/mol. The van der Waals surface area contributed by atoms with E-state index in [9.17, 15) is 9.90 Å². The van der Waals surface area contributed by atoms with Gasteiger partial charge < -0.3 is 19.5 Å². The maximum atomic E-state index is 12.8. The van der Waals surface area contributed by atoms with Gasteiger partial charge in [-0.05, 0) is 131 Å². The lowest BCUT2D eigenvalue weighted by Crippen LogP contribution is -2.09. The van der Waals surface area contributed by atoms with Crippen molar-refractivity contribution in [2.24, 2.45) is 0 Å². The second-order valence-electron chi connectivity index (χ2n) is 11.5. The van der Waals surface area contributed by atoms with Gasteiger partial charge in [0.05, 0.1) is 7.11 Å². The molecule has 7 rings (SSSR count). The molecule has 0 saturated carbocycles. The van der Waals surface area contributed by atoms with Crippen LogP contribution in [0.5, 0.6) is 23.0 Å². The van der Waals surface area contributed by atoms with Gasteiger partial charge in [0, 0.05) is 28.2 Å². The molecular formula is C44H33NO4. The molecule has 49 heavy (non-hydrogen) atoms. The molecule has 0 aromatic heterocycles. The van der Waals surface area contributed by atoms with Crippen molar-refractivity contribution in [3.63, 3.8) is 0 Å². The van der Waals surface area contributed by atoms with Crippen LogP contribution in [0.15, 0.2) is 176 Å². The van der Waals surface area contributed by atoms with Crippen molar-refractivity contribution in [2.75, 3.05) is 12.0 Å². The first-order chi connectivity index (χ1) is 24.0. The van der Waals surface area contributed by atoms with Crippen LogP contribution in [-0.2, 0) is 0 Å². The van der Waals surface area contributed by atoms with E-state index in [2.05, 4.69) is 89.8 Å². The van der Waals surface area contributed by atoms with Gasteiger partial charge in [-0.15, -0.1) is 0 Å². The largest absolute Gasteiger partial charge is 0.508 e. The summed E-state index contributed by atoms with van der Waals surface area (Å²) in [7, 11) is 1.68. The monoisotopic (exact) mass is 639 g/mol. The molecule has 0 aliphatic carbocycles. The number of hydrogen-bond donors (Lipinski definition) is 1. The van der Waals surface area contributed by atoms with Crippen molar-refractivity contribution in [3.8, 4) is 45.3 Å². The van der Waals surface area contributed by atoms with Gasteiger partial charge in [0.25, 0.3) is 0 Å². The minimum absolute atomic E-state index is 0.116. The molecule has 238 valence electrons. The maximum absolute atomic E-state index is 12.8. The number of ketones is 1. The number of nitrogens with zero attached hydrogens (tertiary/aromatic N) is 1. The zero-order valence-electron chi connectivity index (χ0n) is 26.9. The number of benzene rings is 7. The summed E-state index contributed by atoms with van der Waals surface area (Å²) in [6.45, 7) is 0. The number of carbonyl (C=O) groups is 1. The highest BCUT2D eigenvalue weighted by molar-refractivity contribution is 6.09. The Hall–Kier alpha value is -6.59. The molecule has 0 bridgehead atoms. The van der Waals surface area contributed by atoms with Crippen LogP contribution < -0.4 is 14.4 Å². The van der Waals surface area contributed by atoms with E-state index >= 15 is 0 Å². The predicted molar refractivity (Wildman–Crippen MR) is 197 cm³/mol. The van der Waals surface area contributed by atoms with Crippen LogP contribution >= 0.6 is 0 Å². The molecule has 7 aromatic carbocycles. The molecule has 0 atom stereocenters. The van der Waals surface area contributed by atoms with Gasteiger partial charge in [0.2, 0.25) is 0 Å². The second-order valence-corrected chi connectivity index (χ2v) is 11.5. The summed E-state index contributed by atoms with van der Waals surface area (Å²) in [6.07, 6.45) is 0. The Morgan fingerprint density at radius 2 is 0.816 bits per heavy atom. The number of ether oxygens (including phenoxy) is 2. The van der Waals surface area contributed by atoms with Crippen LogP contribution in [0, 0.1) is 0 Å². The molecule has 0 radical (unpaired) electrons. The fourth-order valence-corrected chi connectivity index (χ4v) is 5.72. The lowest BCUT2D eigenvalue weighted by atomic mass is 10.0. The molecule has 0 spiro atoms. The Labute approximate surface area is 285 Å². The number of methoxy groups -OCH3 is 1. The summed E-state index contributed by atoms with van der Waals surface area (Å²) in [5.41, 5.74) is 8.68. The van der Waals surface area contributed by atoms with E-state index in [1.807, 2.05) is 42.5 Å². The van der Waals surface area contributed by atoms with Gasteiger partial charge in [-0.25, -0.2) is 0 Å². The summed E-state index contributed by atoms with van der Waals surface area (Å²) < 4.78 is 11.5. The zero-order chi connectivity index (χ0) is 33.6. The average molecular weight is 640 g/mol. The number of rotatable bonds is 10. The van der Waals surface area contributed by atoms with E-state index in [1.165, 1.54) is 23.3 Å². The first-order valence-electron chi connectivity index (χ1n) is 16.0. The Morgan fingerprint density at radius 3 is 1.29 bits per heavy atom. The third kappa shape index (κ3) is 7.07. The molecule has 0 unspecified atom stereocenters. The zero-order valence-corrected chi connectivity index (χ0v) is 26.9. The van der Waals surface area contributed by atoms with E-state index in [4.69, 9.17) is 9.47 Å². The smallest absolute Gasteiger partial charge is 0.193 e. The number of aromatic hydroxyl groups is 1. The molecule has 0 fully saturated rings. The molecule has 5 nitrogen and oxygen atoms in total. The van der Waals surface area contributed by atoms with Crippen LogP contribution in [0.3, 0.4) is 0 Å². The van der Waals surface area contributed by atoms with E-state index in [0.29, 0.717) is 22.6 Å². The number of carbonyl (C=O) groups excluding carboxylic acids is 1. The van der Waals surface area contributed by atoms with Crippen LogP contribution in [0.2, 0.25) is 0 Å². The molecule has 7 aromatic rings. The molecule has 0 heterocycles. The Kier molecular flexibility index (Phi) is 8.89. The lowest BCUT2D eigenvalue weighted by molar-refractivity contribution is 0.103. The average Bonchev–Trinajstić information content (AvgIpc) is 3.17. The standard InChI is InChI=1S/C44H33NO4/c1-48-41-29-21-39(22-30-41)45(37-17-7-32(8-18-37)31-5-3-2-4-6-31)38-19-9-33(10-20-38)34-13-25-42(26-14-34)49-43-27-15-36(16-28-43)44(47)35-11-23-40(46)24-12-35/h2-30,46H,1H3.